The zero-order valence-corrected chi connectivity index (χ0v) is 11.1. The Kier molecular flexibility index (Phi) is 3.83. The molecule has 19 heavy (non-hydrogen) atoms. The van der Waals surface area contributed by atoms with Gasteiger partial charge in [-0.2, -0.15) is 0 Å². The molecule has 0 radical (unpaired) electrons. The van der Waals surface area contributed by atoms with Crippen molar-refractivity contribution in [2.45, 2.75) is 37.7 Å². The zero-order valence-electron chi connectivity index (χ0n) is 11.1. The second-order valence-corrected chi connectivity index (χ2v) is 5.59. The molecule has 1 aliphatic carbocycles. The van der Waals surface area contributed by atoms with Crippen LogP contribution < -0.4 is 4.74 Å². The van der Waals surface area contributed by atoms with Crippen LogP contribution in [0.15, 0.2) is 24.3 Å². The Balaban J connectivity index is 1.57. The maximum atomic E-state index is 10.8. The molecule has 102 valence electrons. The van der Waals surface area contributed by atoms with Crippen molar-refractivity contribution >= 4 is 6.29 Å². The average molecular weight is 260 g/mol. The fraction of sp³-hybridized carbons (Fsp3) is 0.562. The highest BCUT2D eigenvalue weighted by Crippen LogP contribution is 2.35. The number of ether oxygens (including phenoxy) is 2. The summed E-state index contributed by atoms with van der Waals surface area (Å²) in [6.07, 6.45) is 5.67. The summed E-state index contributed by atoms with van der Waals surface area (Å²) in [7, 11) is 0. The number of carbonyl (C=O) groups excluding carboxylic acids is 1. The molecule has 3 nitrogen and oxygen atoms in total. The van der Waals surface area contributed by atoms with Crippen molar-refractivity contribution in [3.63, 3.8) is 0 Å². The summed E-state index contributed by atoms with van der Waals surface area (Å²) in [5.41, 5.74) is 1.38. The summed E-state index contributed by atoms with van der Waals surface area (Å²) in [4.78, 5) is 10.8. The maximum Gasteiger partial charge on any atom is 0.145 e. The van der Waals surface area contributed by atoms with Crippen molar-refractivity contribution in [1.82, 2.24) is 0 Å². The van der Waals surface area contributed by atoms with Gasteiger partial charge >= 0.3 is 0 Å². The van der Waals surface area contributed by atoms with Gasteiger partial charge in [0, 0.05) is 5.92 Å². The summed E-state index contributed by atoms with van der Waals surface area (Å²) < 4.78 is 10.8. The molecule has 1 saturated heterocycles. The monoisotopic (exact) mass is 260 g/mol. The van der Waals surface area contributed by atoms with Crippen LogP contribution in [0.2, 0.25) is 0 Å². The van der Waals surface area contributed by atoms with Crippen molar-refractivity contribution in [3.8, 4) is 5.75 Å². The molecule has 0 spiro atoms. The number of hydrogen-bond donors (Lipinski definition) is 0. The largest absolute Gasteiger partial charge is 0.486 e. The second-order valence-electron chi connectivity index (χ2n) is 5.59. The lowest BCUT2D eigenvalue weighted by atomic mass is 9.79. The molecule has 1 saturated carbocycles. The molecule has 3 rings (SSSR count). The van der Waals surface area contributed by atoms with E-state index in [1.54, 1.807) is 0 Å². The molecule has 1 aliphatic heterocycles. The van der Waals surface area contributed by atoms with Crippen LogP contribution in [0, 0.1) is 5.92 Å². The SMILES string of the molecule is O=CC1CCC(c2ccc(OC3COC3)cc2)CC1. The third kappa shape index (κ3) is 2.98. The van der Waals surface area contributed by atoms with Gasteiger partial charge < -0.3 is 14.3 Å². The Morgan fingerprint density at radius 3 is 2.26 bits per heavy atom. The molecule has 3 heteroatoms. The number of rotatable bonds is 4. The van der Waals surface area contributed by atoms with E-state index in [9.17, 15) is 4.79 Å². The van der Waals surface area contributed by atoms with Gasteiger partial charge in [-0.05, 0) is 49.3 Å². The van der Waals surface area contributed by atoms with E-state index >= 15 is 0 Å². The molecule has 1 aromatic rings. The number of aldehydes is 1. The number of hydrogen-bond acceptors (Lipinski definition) is 3. The molecule has 0 bridgehead atoms. The number of carbonyl (C=O) groups is 1. The first-order valence-corrected chi connectivity index (χ1v) is 7.15. The van der Waals surface area contributed by atoms with E-state index < -0.39 is 0 Å². The normalized spacial score (nSPS) is 27.6. The zero-order chi connectivity index (χ0) is 13.1. The lowest BCUT2D eigenvalue weighted by Crippen LogP contribution is -2.38. The first kappa shape index (κ1) is 12.7. The van der Waals surface area contributed by atoms with E-state index in [0.29, 0.717) is 19.1 Å². The van der Waals surface area contributed by atoms with Crippen molar-refractivity contribution in [2.75, 3.05) is 13.2 Å². The standard InChI is InChI=1S/C16H20O3/c17-9-12-1-3-13(4-2-12)14-5-7-15(8-6-14)19-16-10-18-11-16/h5-9,12-13,16H,1-4,10-11H2. The van der Waals surface area contributed by atoms with Crippen LogP contribution in [-0.2, 0) is 9.53 Å². The topological polar surface area (TPSA) is 35.5 Å². The van der Waals surface area contributed by atoms with Gasteiger partial charge in [-0.1, -0.05) is 12.1 Å². The lowest BCUT2D eigenvalue weighted by molar-refractivity contribution is -0.111. The van der Waals surface area contributed by atoms with E-state index in [-0.39, 0.29) is 12.0 Å². The fourth-order valence-corrected chi connectivity index (χ4v) is 2.88. The molecular weight excluding hydrogens is 240 g/mol. The summed E-state index contributed by atoms with van der Waals surface area (Å²) in [5.74, 6) is 1.83. The molecule has 2 aliphatic rings. The van der Waals surface area contributed by atoms with Crippen LogP contribution in [-0.4, -0.2) is 25.6 Å². The van der Waals surface area contributed by atoms with Gasteiger partial charge in [-0.15, -0.1) is 0 Å². The van der Waals surface area contributed by atoms with Crippen LogP contribution in [0.1, 0.15) is 37.2 Å². The van der Waals surface area contributed by atoms with E-state index in [1.165, 1.54) is 5.56 Å². The first-order chi connectivity index (χ1) is 9.35. The Hall–Kier alpha value is -1.35. The summed E-state index contributed by atoms with van der Waals surface area (Å²) in [6, 6.07) is 8.44. The van der Waals surface area contributed by atoms with Crippen LogP contribution in [0.4, 0.5) is 0 Å². The van der Waals surface area contributed by atoms with E-state index in [1.807, 2.05) is 0 Å². The quantitative estimate of drug-likeness (QED) is 0.781. The van der Waals surface area contributed by atoms with Gasteiger partial charge in [0.15, 0.2) is 0 Å². The third-order valence-electron chi connectivity index (χ3n) is 4.23. The molecule has 0 amide bonds. The maximum absolute atomic E-state index is 10.8. The van der Waals surface area contributed by atoms with Gasteiger partial charge in [-0.25, -0.2) is 0 Å². The molecule has 2 fully saturated rings. The first-order valence-electron chi connectivity index (χ1n) is 7.15. The minimum absolute atomic E-state index is 0.230. The number of benzene rings is 1. The fourth-order valence-electron chi connectivity index (χ4n) is 2.88. The highest BCUT2D eigenvalue weighted by atomic mass is 16.6. The van der Waals surface area contributed by atoms with Gasteiger partial charge in [0.25, 0.3) is 0 Å². The summed E-state index contributed by atoms with van der Waals surface area (Å²) in [5, 5.41) is 0. The Morgan fingerprint density at radius 2 is 1.74 bits per heavy atom. The molecule has 1 heterocycles. The molecule has 0 aromatic heterocycles. The Morgan fingerprint density at radius 1 is 1.05 bits per heavy atom. The van der Waals surface area contributed by atoms with Gasteiger partial charge in [-0.3, -0.25) is 0 Å². The van der Waals surface area contributed by atoms with Crippen LogP contribution >= 0.6 is 0 Å². The van der Waals surface area contributed by atoms with Crippen molar-refractivity contribution in [1.29, 1.82) is 0 Å². The molecule has 0 atom stereocenters. The minimum Gasteiger partial charge on any atom is -0.486 e. The predicted molar refractivity (Wildman–Crippen MR) is 72.4 cm³/mol. The van der Waals surface area contributed by atoms with E-state index in [0.717, 1.165) is 37.7 Å². The molecule has 1 aromatic carbocycles. The predicted octanol–water partition coefficient (Wildman–Crippen LogP) is 2.94. The van der Waals surface area contributed by atoms with Crippen LogP contribution in [0.25, 0.3) is 0 Å². The molecular formula is C16H20O3. The third-order valence-corrected chi connectivity index (χ3v) is 4.23. The highest BCUT2D eigenvalue weighted by Gasteiger charge is 2.22. The molecule has 0 unspecified atom stereocenters. The Labute approximate surface area is 113 Å². The molecule has 0 N–H and O–H groups in total. The van der Waals surface area contributed by atoms with Gasteiger partial charge in [0.1, 0.15) is 18.1 Å². The van der Waals surface area contributed by atoms with Crippen molar-refractivity contribution in [3.05, 3.63) is 29.8 Å². The summed E-state index contributed by atoms with van der Waals surface area (Å²) in [6.45, 7) is 1.41. The second kappa shape index (κ2) is 5.74. The lowest BCUT2D eigenvalue weighted by Gasteiger charge is -2.28. The van der Waals surface area contributed by atoms with Crippen molar-refractivity contribution < 1.29 is 14.3 Å². The highest BCUT2D eigenvalue weighted by molar-refractivity contribution is 5.53. The van der Waals surface area contributed by atoms with Gasteiger partial charge in [0.05, 0.1) is 13.2 Å². The van der Waals surface area contributed by atoms with Crippen LogP contribution in [0.5, 0.6) is 5.75 Å². The van der Waals surface area contributed by atoms with E-state index in [2.05, 4.69) is 24.3 Å². The van der Waals surface area contributed by atoms with Crippen molar-refractivity contribution in [2.24, 2.45) is 5.92 Å². The smallest absolute Gasteiger partial charge is 0.145 e. The van der Waals surface area contributed by atoms with Crippen LogP contribution in [0.3, 0.4) is 0 Å². The average Bonchev–Trinajstić information content (AvgIpc) is 2.44. The van der Waals surface area contributed by atoms with E-state index in [4.69, 9.17) is 9.47 Å². The van der Waals surface area contributed by atoms with Gasteiger partial charge in [0.2, 0.25) is 0 Å². The Bertz CT molecular complexity index is 414. The summed E-state index contributed by atoms with van der Waals surface area (Å²) >= 11 is 0. The minimum atomic E-state index is 0.230.